The van der Waals surface area contributed by atoms with E-state index in [-0.39, 0.29) is 0 Å². The summed E-state index contributed by atoms with van der Waals surface area (Å²) >= 11 is 1.71. The maximum Gasteiger partial charge on any atom is 0.228 e. The van der Waals surface area contributed by atoms with Gasteiger partial charge in [0.05, 0.1) is 18.9 Å². The van der Waals surface area contributed by atoms with Gasteiger partial charge in [0.15, 0.2) is 0 Å². The number of benzene rings is 1. The summed E-state index contributed by atoms with van der Waals surface area (Å²) in [5, 5.41) is 6.48. The zero-order chi connectivity index (χ0) is 20.1. The summed E-state index contributed by atoms with van der Waals surface area (Å²) < 4.78 is 5.48. The van der Waals surface area contributed by atoms with Crippen molar-refractivity contribution >= 4 is 35.0 Å². The van der Waals surface area contributed by atoms with Crippen LogP contribution in [0.4, 0.5) is 23.3 Å². The highest BCUT2D eigenvalue weighted by Crippen LogP contribution is 2.27. The lowest BCUT2D eigenvalue weighted by atomic mass is 10.2. The molecule has 0 radical (unpaired) electrons. The fraction of sp³-hybridized carbons (Fsp3) is 0.286. The van der Waals surface area contributed by atoms with Crippen LogP contribution in [-0.2, 0) is 4.74 Å². The number of morpholine rings is 1. The third kappa shape index (κ3) is 4.78. The van der Waals surface area contributed by atoms with Crippen LogP contribution in [0.25, 0.3) is 11.3 Å². The smallest absolute Gasteiger partial charge is 0.228 e. The number of anilines is 4. The monoisotopic (exact) mass is 408 g/mol. The molecule has 29 heavy (non-hydrogen) atoms. The van der Waals surface area contributed by atoms with E-state index in [4.69, 9.17) is 14.7 Å². The molecule has 150 valence electrons. The third-order valence-corrected chi connectivity index (χ3v) is 5.39. The Morgan fingerprint density at radius 3 is 2.62 bits per heavy atom. The highest BCUT2D eigenvalue weighted by atomic mass is 32.2. The van der Waals surface area contributed by atoms with Crippen molar-refractivity contribution < 1.29 is 4.74 Å². The van der Waals surface area contributed by atoms with Gasteiger partial charge < -0.3 is 20.3 Å². The van der Waals surface area contributed by atoms with Gasteiger partial charge in [0.2, 0.25) is 5.95 Å². The number of hydrogen-bond acceptors (Lipinski definition) is 8. The van der Waals surface area contributed by atoms with Crippen molar-refractivity contribution in [1.82, 2.24) is 15.0 Å². The van der Waals surface area contributed by atoms with E-state index in [0.717, 1.165) is 41.7 Å². The second-order valence-electron chi connectivity index (χ2n) is 6.58. The number of ether oxygens (including phenoxy) is 1. The van der Waals surface area contributed by atoms with E-state index in [9.17, 15) is 0 Å². The molecule has 0 atom stereocenters. The van der Waals surface area contributed by atoms with Crippen LogP contribution in [0.3, 0.4) is 0 Å². The van der Waals surface area contributed by atoms with Gasteiger partial charge in [-0.3, -0.25) is 0 Å². The maximum atomic E-state index is 5.48. The number of pyridine rings is 1. The number of aromatic nitrogens is 3. The number of rotatable bonds is 6. The number of thioether (sulfide) groups is 1. The Kier molecular flexibility index (Phi) is 6.12. The van der Waals surface area contributed by atoms with E-state index in [1.54, 1.807) is 11.8 Å². The molecular formula is C21H24N6OS. The molecular weight excluding hydrogens is 384 g/mol. The summed E-state index contributed by atoms with van der Waals surface area (Å²) in [5.41, 5.74) is 2.78. The topological polar surface area (TPSA) is 75.2 Å². The van der Waals surface area contributed by atoms with E-state index in [0.29, 0.717) is 19.2 Å². The quantitative estimate of drug-likeness (QED) is 0.595. The molecule has 1 aliphatic rings. The molecule has 3 aromatic rings. The highest BCUT2D eigenvalue weighted by molar-refractivity contribution is 7.98. The van der Waals surface area contributed by atoms with Crippen LogP contribution in [0.5, 0.6) is 0 Å². The molecule has 0 spiro atoms. The Morgan fingerprint density at radius 2 is 1.90 bits per heavy atom. The fourth-order valence-corrected chi connectivity index (χ4v) is 3.55. The van der Waals surface area contributed by atoms with Crippen molar-refractivity contribution in [1.29, 1.82) is 0 Å². The average Bonchev–Trinajstić information content (AvgIpc) is 2.79. The Bertz CT molecular complexity index is 960. The average molecular weight is 409 g/mol. The Hall–Kier alpha value is -2.84. The summed E-state index contributed by atoms with van der Waals surface area (Å²) in [4.78, 5) is 17.4. The molecule has 3 heterocycles. The molecule has 0 unspecified atom stereocenters. The zero-order valence-corrected chi connectivity index (χ0v) is 17.4. The molecule has 4 rings (SSSR count). The van der Waals surface area contributed by atoms with E-state index < -0.39 is 0 Å². The fourth-order valence-electron chi connectivity index (χ4n) is 3.09. The molecule has 0 saturated carbocycles. The molecule has 1 fully saturated rings. The maximum absolute atomic E-state index is 5.48. The number of nitrogens with zero attached hydrogens (tertiary/aromatic N) is 4. The van der Waals surface area contributed by atoms with Crippen LogP contribution >= 0.6 is 11.8 Å². The van der Waals surface area contributed by atoms with E-state index >= 15 is 0 Å². The highest BCUT2D eigenvalue weighted by Gasteiger charge is 2.17. The van der Waals surface area contributed by atoms with Crippen molar-refractivity contribution in [3.63, 3.8) is 0 Å². The normalized spacial score (nSPS) is 13.9. The second-order valence-corrected chi connectivity index (χ2v) is 7.46. The minimum absolute atomic E-state index is 0.685. The van der Waals surface area contributed by atoms with E-state index in [2.05, 4.69) is 38.9 Å². The van der Waals surface area contributed by atoms with Crippen LogP contribution < -0.4 is 15.5 Å². The summed E-state index contributed by atoms with van der Waals surface area (Å²) in [5.74, 6) is 2.28. The second kappa shape index (κ2) is 9.11. The largest absolute Gasteiger partial charge is 0.378 e. The first-order valence-corrected chi connectivity index (χ1v) is 10.7. The van der Waals surface area contributed by atoms with E-state index in [1.807, 2.05) is 43.6 Å². The molecule has 2 aromatic heterocycles. The molecule has 8 heteroatoms. The predicted octanol–water partition coefficient (Wildman–Crippen LogP) is 3.88. The third-order valence-electron chi connectivity index (χ3n) is 4.67. The molecule has 1 aliphatic heterocycles. The van der Waals surface area contributed by atoms with Gasteiger partial charge >= 0.3 is 0 Å². The Balaban J connectivity index is 1.70. The predicted molar refractivity (Wildman–Crippen MR) is 119 cm³/mol. The molecule has 1 aromatic carbocycles. The van der Waals surface area contributed by atoms with Crippen molar-refractivity contribution in [2.45, 2.75) is 4.90 Å². The minimum Gasteiger partial charge on any atom is -0.378 e. The zero-order valence-electron chi connectivity index (χ0n) is 16.6. The van der Waals surface area contributed by atoms with Crippen molar-refractivity contribution in [2.24, 2.45) is 0 Å². The SMILES string of the molecule is CNc1ccc(-c2cc(Nc3cccc(SC)c3)nc(N3CCOCC3)n2)cn1. The molecule has 0 amide bonds. The van der Waals surface area contributed by atoms with Gasteiger partial charge in [0, 0.05) is 48.5 Å². The van der Waals surface area contributed by atoms with Gasteiger partial charge in [0.25, 0.3) is 0 Å². The summed E-state index contributed by atoms with van der Waals surface area (Å²) in [7, 11) is 1.86. The number of hydrogen-bond donors (Lipinski definition) is 2. The van der Waals surface area contributed by atoms with Gasteiger partial charge in [-0.05, 0) is 36.6 Å². The Labute approximate surface area is 174 Å². The lowest BCUT2D eigenvalue weighted by molar-refractivity contribution is 0.122. The summed E-state index contributed by atoms with van der Waals surface area (Å²) in [6.45, 7) is 2.93. The van der Waals surface area contributed by atoms with Crippen molar-refractivity contribution in [2.75, 3.05) is 55.1 Å². The molecule has 2 N–H and O–H groups in total. The van der Waals surface area contributed by atoms with Gasteiger partial charge in [-0.2, -0.15) is 4.98 Å². The van der Waals surface area contributed by atoms with Gasteiger partial charge in [-0.25, -0.2) is 9.97 Å². The van der Waals surface area contributed by atoms with E-state index in [1.165, 1.54) is 4.90 Å². The number of nitrogens with one attached hydrogen (secondary N) is 2. The lowest BCUT2D eigenvalue weighted by Gasteiger charge is -2.27. The van der Waals surface area contributed by atoms with Crippen molar-refractivity contribution in [3.8, 4) is 11.3 Å². The first kappa shape index (κ1) is 19.5. The van der Waals surface area contributed by atoms with Gasteiger partial charge in [0.1, 0.15) is 11.6 Å². The van der Waals surface area contributed by atoms with Crippen LogP contribution in [0.1, 0.15) is 0 Å². The first-order chi connectivity index (χ1) is 14.2. The molecule has 7 nitrogen and oxygen atoms in total. The summed E-state index contributed by atoms with van der Waals surface area (Å²) in [6.07, 6.45) is 3.90. The van der Waals surface area contributed by atoms with Crippen LogP contribution in [0, 0.1) is 0 Å². The van der Waals surface area contributed by atoms with Gasteiger partial charge in [-0.1, -0.05) is 6.07 Å². The minimum atomic E-state index is 0.685. The molecule has 1 saturated heterocycles. The van der Waals surface area contributed by atoms with Gasteiger partial charge in [-0.15, -0.1) is 11.8 Å². The molecule has 0 aliphatic carbocycles. The van der Waals surface area contributed by atoms with Crippen molar-refractivity contribution in [3.05, 3.63) is 48.7 Å². The summed E-state index contributed by atoms with van der Waals surface area (Å²) in [6, 6.07) is 14.2. The lowest BCUT2D eigenvalue weighted by Crippen LogP contribution is -2.37. The molecule has 0 bridgehead atoms. The van der Waals surface area contributed by atoms with Crippen LogP contribution in [0.15, 0.2) is 53.6 Å². The standard InChI is InChI=1S/C21H24N6OS/c1-22-19-7-6-15(14-23-19)18-13-20(24-16-4-3-5-17(12-16)29-2)26-21(25-18)27-8-10-28-11-9-27/h3-7,12-14H,8-11H2,1-2H3,(H,22,23)(H,24,25,26). The van der Waals surface area contributed by atoms with Crippen LogP contribution in [0.2, 0.25) is 0 Å². The van der Waals surface area contributed by atoms with Crippen LogP contribution in [-0.4, -0.2) is 54.6 Å². The first-order valence-electron chi connectivity index (χ1n) is 9.52. The Morgan fingerprint density at radius 1 is 1.03 bits per heavy atom.